The SMILES string of the molecule is CC/C=C\C/C=C\C/C=C\C/C=C\C/C=C\CCCCCC(=O)OC(COC(=O)C/C=C\C/C=C\C/C=C\C/C=C\C/C=C\CC)COC(=O)CCCCCCCCCCCCCCCCCCCCCCCCCCCC. The van der Waals surface area contributed by atoms with Crippen molar-refractivity contribution in [2.75, 3.05) is 13.2 Å². The number of hydrogen-bond donors (Lipinski definition) is 0. The van der Waals surface area contributed by atoms with E-state index in [4.69, 9.17) is 14.2 Å². The molecule has 6 heteroatoms. The van der Waals surface area contributed by atoms with Gasteiger partial charge in [0.25, 0.3) is 0 Å². The largest absolute Gasteiger partial charge is 0.462 e. The molecule has 1 unspecified atom stereocenters. The summed E-state index contributed by atoms with van der Waals surface area (Å²) in [6.45, 7) is 6.32. The molecule has 0 aliphatic rings. The second-order valence-corrected chi connectivity index (χ2v) is 21.3. The van der Waals surface area contributed by atoms with Gasteiger partial charge in [0.2, 0.25) is 0 Å². The van der Waals surface area contributed by atoms with E-state index >= 15 is 0 Å². The first kappa shape index (κ1) is 73.8. The highest BCUT2D eigenvalue weighted by Gasteiger charge is 2.19. The smallest absolute Gasteiger partial charge is 0.309 e. The fourth-order valence-electron chi connectivity index (χ4n) is 8.96. The normalized spacial score (nSPS) is 12.9. The highest BCUT2D eigenvalue weighted by molar-refractivity contribution is 5.72. The molecule has 0 bridgehead atoms. The molecule has 0 aromatic rings. The molecule has 0 aromatic heterocycles. The van der Waals surface area contributed by atoms with Gasteiger partial charge in [0.1, 0.15) is 13.2 Å². The minimum atomic E-state index is -0.839. The molecular formula is C72H120O6. The third-order valence-corrected chi connectivity index (χ3v) is 13.7. The Morgan fingerprint density at radius 3 is 0.897 bits per heavy atom. The minimum absolute atomic E-state index is 0.117. The molecule has 0 aromatic carbocycles. The van der Waals surface area contributed by atoms with Gasteiger partial charge in [-0.15, -0.1) is 0 Å². The Morgan fingerprint density at radius 1 is 0.282 bits per heavy atom. The summed E-state index contributed by atoms with van der Waals surface area (Å²) in [7, 11) is 0. The van der Waals surface area contributed by atoms with Crippen LogP contribution in [0.1, 0.15) is 297 Å². The Kier molecular flexibility index (Phi) is 61.8. The number of unbranched alkanes of at least 4 members (excludes halogenated alkanes) is 28. The molecule has 1 atom stereocenters. The van der Waals surface area contributed by atoms with E-state index in [9.17, 15) is 14.4 Å². The summed E-state index contributed by atoms with van der Waals surface area (Å²) in [5.74, 6) is -1.08. The van der Waals surface area contributed by atoms with Crippen LogP contribution in [0.15, 0.2) is 122 Å². The maximum absolute atomic E-state index is 12.9. The Balaban J connectivity index is 4.41. The molecule has 0 N–H and O–H groups in total. The average Bonchev–Trinajstić information content (AvgIpc) is 3.44. The number of ether oxygens (including phenoxy) is 3. The van der Waals surface area contributed by atoms with Crippen LogP contribution in [-0.2, 0) is 28.6 Å². The van der Waals surface area contributed by atoms with E-state index in [2.05, 4.69) is 130 Å². The van der Waals surface area contributed by atoms with Gasteiger partial charge in [-0.05, 0) is 89.9 Å². The van der Waals surface area contributed by atoms with Crippen molar-refractivity contribution in [2.24, 2.45) is 0 Å². The van der Waals surface area contributed by atoms with Crippen molar-refractivity contribution in [1.82, 2.24) is 0 Å². The van der Waals surface area contributed by atoms with Crippen molar-refractivity contribution < 1.29 is 28.6 Å². The van der Waals surface area contributed by atoms with Crippen LogP contribution in [0.4, 0.5) is 0 Å². The van der Waals surface area contributed by atoms with Gasteiger partial charge >= 0.3 is 17.9 Å². The van der Waals surface area contributed by atoms with Gasteiger partial charge in [0.05, 0.1) is 6.42 Å². The molecule has 0 saturated heterocycles. The summed E-state index contributed by atoms with van der Waals surface area (Å²) >= 11 is 0. The predicted molar refractivity (Wildman–Crippen MR) is 339 cm³/mol. The number of carbonyl (C=O) groups is 3. The summed E-state index contributed by atoms with van der Waals surface area (Å²) in [6.07, 6.45) is 91.1. The molecule has 0 saturated carbocycles. The van der Waals surface area contributed by atoms with Gasteiger partial charge in [0, 0.05) is 12.8 Å². The van der Waals surface area contributed by atoms with Crippen LogP contribution in [0.25, 0.3) is 0 Å². The van der Waals surface area contributed by atoms with Crippen molar-refractivity contribution in [3.8, 4) is 0 Å². The number of allylic oxidation sites excluding steroid dienone is 19. The maximum atomic E-state index is 12.9. The van der Waals surface area contributed by atoms with Gasteiger partial charge in [-0.3, -0.25) is 14.4 Å². The van der Waals surface area contributed by atoms with E-state index in [-0.39, 0.29) is 38.0 Å². The van der Waals surface area contributed by atoms with Crippen LogP contribution in [0.5, 0.6) is 0 Å². The van der Waals surface area contributed by atoms with Crippen molar-refractivity contribution in [3.05, 3.63) is 122 Å². The molecule has 0 aliphatic carbocycles. The standard InChI is InChI=1S/C72H120O6/c1-4-7-10-13-16-19-22-25-28-30-32-33-34-35-36-37-38-40-41-44-47-50-53-56-59-62-65-71(74)77-68-69(67-76-70(73)64-61-58-55-52-49-46-43-27-24-21-18-15-12-9-6-3)78-72(75)66-63-60-57-54-51-48-45-42-39-31-29-26-23-20-17-14-11-8-5-2/h8-9,11-12,17-18,20-21,26-27,29,39,42-43,48-49,51-52,58,61,69H,4-7,10,13-16,19,22-25,28,30-38,40-41,44-47,50,53-57,59-60,62-68H2,1-3H3/b11-8-,12-9-,20-17-,21-18-,29-26-,42-39-,43-27-,51-48-,52-49-,61-58-. The summed E-state index contributed by atoms with van der Waals surface area (Å²) in [5, 5.41) is 0. The molecule has 78 heavy (non-hydrogen) atoms. The van der Waals surface area contributed by atoms with E-state index < -0.39 is 12.1 Å². The zero-order valence-electron chi connectivity index (χ0n) is 50.9. The van der Waals surface area contributed by atoms with Gasteiger partial charge in [0.15, 0.2) is 6.10 Å². The average molecular weight is 1080 g/mol. The summed E-state index contributed by atoms with van der Waals surface area (Å²) in [4.78, 5) is 38.2. The Morgan fingerprint density at radius 2 is 0.551 bits per heavy atom. The highest BCUT2D eigenvalue weighted by atomic mass is 16.6. The lowest BCUT2D eigenvalue weighted by Crippen LogP contribution is -2.30. The monoisotopic (exact) mass is 1080 g/mol. The second kappa shape index (κ2) is 65.3. The topological polar surface area (TPSA) is 78.9 Å². The fourth-order valence-corrected chi connectivity index (χ4v) is 8.96. The summed E-state index contributed by atoms with van der Waals surface area (Å²) < 4.78 is 16.8. The zero-order chi connectivity index (χ0) is 56.4. The van der Waals surface area contributed by atoms with Crippen LogP contribution in [0, 0.1) is 0 Å². The van der Waals surface area contributed by atoms with Gasteiger partial charge in [-0.2, -0.15) is 0 Å². The molecule has 0 spiro atoms. The number of carbonyl (C=O) groups excluding carboxylic acids is 3. The fraction of sp³-hybridized carbons (Fsp3) is 0.681. The lowest BCUT2D eigenvalue weighted by atomic mass is 10.0. The van der Waals surface area contributed by atoms with Crippen molar-refractivity contribution in [1.29, 1.82) is 0 Å². The number of hydrogen-bond acceptors (Lipinski definition) is 6. The highest BCUT2D eigenvalue weighted by Crippen LogP contribution is 2.17. The maximum Gasteiger partial charge on any atom is 0.309 e. The van der Waals surface area contributed by atoms with Crippen LogP contribution in [0.3, 0.4) is 0 Å². The van der Waals surface area contributed by atoms with Crippen molar-refractivity contribution in [2.45, 2.75) is 303 Å². The number of rotatable bonds is 58. The first-order valence-electron chi connectivity index (χ1n) is 32.5. The third kappa shape index (κ3) is 62.7. The molecule has 444 valence electrons. The van der Waals surface area contributed by atoms with E-state index in [1.165, 1.54) is 148 Å². The van der Waals surface area contributed by atoms with E-state index in [0.717, 1.165) is 103 Å². The lowest BCUT2D eigenvalue weighted by Gasteiger charge is -2.18. The van der Waals surface area contributed by atoms with Gasteiger partial charge in [-0.1, -0.05) is 309 Å². The van der Waals surface area contributed by atoms with Crippen LogP contribution < -0.4 is 0 Å². The Bertz CT molecular complexity index is 1620. The van der Waals surface area contributed by atoms with E-state index in [0.29, 0.717) is 12.8 Å². The first-order chi connectivity index (χ1) is 38.5. The van der Waals surface area contributed by atoms with E-state index in [1.54, 1.807) is 6.08 Å². The molecule has 6 nitrogen and oxygen atoms in total. The molecule has 0 heterocycles. The Hall–Kier alpha value is -4.19. The second-order valence-electron chi connectivity index (χ2n) is 21.3. The molecular weight excluding hydrogens is 961 g/mol. The van der Waals surface area contributed by atoms with E-state index in [1.807, 2.05) is 6.08 Å². The van der Waals surface area contributed by atoms with Gasteiger partial charge < -0.3 is 14.2 Å². The zero-order valence-corrected chi connectivity index (χ0v) is 50.9. The first-order valence-corrected chi connectivity index (χ1v) is 32.5. The molecule has 0 fully saturated rings. The predicted octanol–water partition coefficient (Wildman–Crippen LogP) is 22.4. The summed E-state index contributed by atoms with van der Waals surface area (Å²) in [5.41, 5.74) is 0. The van der Waals surface area contributed by atoms with Crippen LogP contribution in [-0.4, -0.2) is 37.2 Å². The van der Waals surface area contributed by atoms with Gasteiger partial charge in [-0.25, -0.2) is 0 Å². The molecule has 0 rings (SSSR count). The third-order valence-electron chi connectivity index (χ3n) is 13.7. The van der Waals surface area contributed by atoms with Crippen LogP contribution >= 0.6 is 0 Å². The van der Waals surface area contributed by atoms with Crippen LogP contribution in [0.2, 0.25) is 0 Å². The lowest BCUT2D eigenvalue weighted by molar-refractivity contribution is -0.166. The van der Waals surface area contributed by atoms with Crippen molar-refractivity contribution in [3.63, 3.8) is 0 Å². The minimum Gasteiger partial charge on any atom is -0.462 e. The Labute approximate surface area is 482 Å². The summed E-state index contributed by atoms with van der Waals surface area (Å²) in [6, 6.07) is 0. The number of esters is 3. The molecule has 0 radical (unpaired) electrons. The molecule has 0 aliphatic heterocycles. The molecule has 0 amide bonds. The quantitative estimate of drug-likeness (QED) is 0.0261. The van der Waals surface area contributed by atoms with Crippen molar-refractivity contribution >= 4 is 17.9 Å².